The van der Waals surface area contributed by atoms with E-state index in [1.54, 1.807) is 10.9 Å². The minimum Gasteiger partial charge on any atom is -0.311 e. The standard InChI is InChI=1S/C13H17N3O3S2/c1-9-6-20-12-11(9)15-8-16(13(12)17)4-3-14-10-2-5-21(18,19)7-10/h6,8,10,14H,2-5,7H2,1H3. The van der Waals surface area contributed by atoms with Gasteiger partial charge in [-0.25, -0.2) is 13.4 Å². The Morgan fingerprint density at radius 3 is 3.05 bits per heavy atom. The molecule has 1 aliphatic rings. The SMILES string of the molecule is Cc1csc2c(=O)n(CCNC3CCS(=O)(=O)C3)cnc12. The molecular formula is C13H17N3O3S2. The van der Waals surface area contributed by atoms with Crippen molar-refractivity contribution in [2.24, 2.45) is 0 Å². The number of rotatable bonds is 4. The highest BCUT2D eigenvalue weighted by atomic mass is 32.2. The zero-order chi connectivity index (χ0) is 15.0. The fourth-order valence-corrected chi connectivity index (χ4v) is 5.22. The van der Waals surface area contributed by atoms with Crippen molar-refractivity contribution >= 4 is 31.4 Å². The molecule has 3 rings (SSSR count). The molecular weight excluding hydrogens is 310 g/mol. The van der Waals surface area contributed by atoms with Crippen LogP contribution >= 0.6 is 11.3 Å². The fourth-order valence-electron chi connectivity index (χ4n) is 2.56. The van der Waals surface area contributed by atoms with E-state index in [1.807, 2.05) is 12.3 Å². The average molecular weight is 327 g/mol. The third-order valence-corrected chi connectivity index (χ3v) is 6.58. The van der Waals surface area contributed by atoms with Gasteiger partial charge in [0.05, 0.1) is 23.3 Å². The number of nitrogens with zero attached hydrogens (tertiary/aromatic N) is 2. The monoisotopic (exact) mass is 327 g/mol. The summed E-state index contributed by atoms with van der Waals surface area (Å²) in [6.07, 6.45) is 2.22. The lowest BCUT2D eigenvalue weighted by molar-refractivity contribution is 0.513. The number of thiophene rings is 1. The Balaban J connectivity index is 1.66. The van der Waals surface area contributed by atoms with Crippen molar-refractivity contribution in [1.82, 2.24) is 14.9 Å². The topological polar surface area (TPSA) is 81.1 Å². The first-order valence-corrected chi connectivity index (χ1v) is 9.53. The molecule has 0 spiro atoms. The molecule has 1 unspecified atom stereocenters. The Morgan fingerprint density at radius 2 is 2.33 bits per heavy atom. The first kappa shape index (κ1) is 14.7. The maximum absolute atomic E-state index is 12.3. The van der Waals surface area contributed by atoms with Crippen LogP contribution in [0.3, 0.4) is 0 Å². The zero-order valence-electron chi connectivity index (χ0n) is 11.7. The molecule has 0 aromatic carbocycles. The van der Waals surface area contributed by atoms with Gasteiger partial charge in [-0.15, -0.1) is 11.3 Å². The average Bonchev–Trinajstić information content (AvgIpc) is 2.96. The molecule has 1 atom stereocenters. The van der Waals surface area contributed by atoms with Gasteiger partial charge in [-0.05, 0) is 24.3 Å². The summed E-state index contributed by atoms with van der Waals surface area (Å²) in [5.41, 5.74) is 1.77. The number of aryl methyl sites for hydroxylation is 1. The summed E-state index contributed by atoms with van der Waals surface area (Å²) in [6.45, 7) is 3.00. The number of sulfone groups is 1. The van der Waals surface area contributed by atoms with Crippen LogP contribution in [0.15, 0.2) is 16.5 Å². The highest BCUT2D eigenvalue weighted by Crippen LogP contribution is 2.19. The Kier molecular flexibility index (Phi) is 3.85. The van der Waals surface area contributed by atoms with E-state index < -0.39 is 9.84 Å². The Labute approximate surface area is 126 Å². The van der Waals surface area contributed by atoms with Crippen molar-refractivity contribution in [2.45, 2.75) is 25.9 Å². The molecule has 0 bridgehead atoms. The summed E-state index contributed by atoms with van der Waals surface area (Å²) in [6, 6.07) is 0.00590. The summed E-state index contributed by atoms with van der Waals surface area (Å²) in [5, 5.41) is 5.14. The molecule has 0 aliphatic carbocycles. The Hall–Kier alpha value is -1.25. The van der Waals surface area contributed by atoms with E-state index in [0.717, 1.165) is 11.1 Å². The van der Waals surface area contributed by atoms with Crippen LogP contribution in [0.1, 0.15) is 12.0 Å². The molecule has 21 heavy (non-hydrogen) atoms. The second-order valence-corrected chi connectivity index (χ2v) is 8.50. The molecule has 2 aromatic heterocycles. The van der Waals surface area contributed by atoms with Gasteiger partial charge >= 0.3 is 0 Å². The molecule has 0 amide bonds. The van der Waals surface area contributed by atoms with E-state index in [-0.39, 0.29) is 23.1 Å². The van der Waals surface area contributed by atoms with E-state index >= 15 is 0 Å². The summed E-state index contributed by atoms with van der Waals surface area (Å²) < 4.78 is 25.0. The molecule has 1 aliphatic heterocycles. The predicted octanol–water partition coefficient (Wildman–Crippen LogP) is 0.543. The van der Waals surface area contributed by atoms with Gasteiger partial charge in [0, 0.05) is 19.1 Å². The third-order valence-electron chi connectivity index (χ3n) is 3.74. The van der Waals surface area contributed by atoms with Crippen molar-refractivity contribution in [3.63, 3.8) is 0 Å². The van der Waals surface area contributed by atoms with Gasteiger partial charge < -0.3 is 5.32 Å². The molecule has 1 fully saturated rings. The van der Waals surface area contributed by atoms with E-state index in [1.165, 1.54) is 11.3 Å². The fraction of sp³-hybridized carbons (Fsp3) is 0.538. The zero-order valence-corrected chi connectivity index (χ0v) is 13.3. The van der Waals surface area contributed by atoms with Crippen molar-refractivity contribution in [2.75, 3.05) is 18.1 Å². The molecule has 2 aromatic rings. The molecule has 6 nitrogen and oxygen atoms in total. The predicted molar refractivity (Wildman–Crippen MR) is 83.7 cm³/mol. The van der Waals surface area contributed by atoms with Crippen molar-refractivity contribution < 1.29 is 8.42 Å². The minimum atomic E-state index is -2.87. The highest BCUT2D eigenvalue weighted by Gasteiger charge is 2.27. The lowest BCUT2D eigenvalue weighted by Crippen LogP contribution is -2.34. The van der Waals surface area contributed by atoms with Crippen LogP contribution < -0.4 is 10.9 Å². The van der Waals surface area contributed by atoms with Crippen molar-refractivity contribution in [3.05, 3.63) is 27.6 Å². The number of fused-ring (bicyclic) bond motifs is 1. The van der Waals surface area contributed by atoms with Crippen LogP contribution in [0.4, 0.5) is 0 Å². The number of aromatic nitrogens is 2. The molecule has 114 valence electrons. The quantitative estimate of drug-likeness (QED) is 0.886. The van der Waals surface area contributed by atoms with Crippen molar-refractivity contribution in [3.8, 4) is 0 Å². The molecule has 0 saturated carbocycles. The summed E-state index contributed by atoms with van der Waals surface area (Å²) in [4.78, 5) is 16.6. The van der Waals surface area contributed by atoms with Crippen LogP contribution in [0, 0.1) is 6.92 Å². The minimum absolute atomic E-state index is 0.00590. The van der Waals surface area contributed by atoms with Gasteiger partial charge in [0.1, 0.15) is 4.70 Å². The van der Waals surface area contributed by atoms with Crippen LogP contribution in [-0.4, -0.2) is 42.1 Å². The second-order valence-electron chi connectivity index (χ2n) is 5.39. The normalized spacial score (nSPS) is 21.1. The molecule has 3 heterocycles. The number of hydrogen-bond donors (Lipinski definition) is 1. The van der Waals surface area contributed by atoms with Gasteiger partial charge in [0.15, 0.2) is 9.84 Å². The van der Waals surface area contributed by atoms with E-state index in [4.69, 9.17) is 0 Å². The first-order chi connectivity index (χ1) is 9.96. The third kappa shape index (κ3) is 3.02. The van der Waals surface area contributed by atoms with E-state index in [9.17, 15) is 13.2 Å². The van der Waals surface area contributed by atoms with Crippen LogP contribution in [0.2, 0.25) is 0 Å². The van der Waals surface area contributed by atoms with E-state index in [0.29, 0.717) is 24.2 Å². The molecule has 8 heteroatoms. The second kappa shape index (κ2) is 5.51. The smallest absolute Gasteiger partial charge is 0.271 e. The van der Waals surface area contributed by atoms with Gasteiger partial charge in [-0.3, -0.25) is 9.36 Å². The lowest BCUT2D eigenvalue weighted by Gasteiger charge is -2.11. The molecule has 1 saturated heterocycles. The summed E-state index contributed by atoms with van der Waals surface area (Å²) >= 11 is 1.42. The van der Waals surface area contributed by atoms with Crippen LogP contribution in [-0.2, 0) is 16.4 Å². The maximum Gasteiger partial charge on any atom is 0.271 e. The van der Waals surface area contributed by atoms with Crippen molar-refractivity contribution in [1.29, 1.82) is 0 Å². The number of hydrogen-bond acceptors (Lipinski definition) is 6. The number of nitrogens with one attached hydrogen (secondary N) is 1. The highest BCUT2D eigenvalue weighted by molar-refractivity contribution is 7.91. The first-order valence-electron chi connectivity index (χ1n) is 6.83. The van der Waals surface area contributed by atoms with Gasteiger partial charge in [0.25, 0.3) is 5.56 Å². The summed E-state index contributed by atoms with van der Waals surface area (Å²) in [7, 11) is -2.87. The molecule has 1 N–H and O–H groups in total. The van der Waals surface area contributed by atoms with Gasteiger partial charge in [-0.1, -0.05) is 0 Å². The van der Waals surface area contributed by atoms with E-state index in [2.05, 4.69) is 10.3 Å². The van der Waals surface area contributed by atoms with Crippen LogP contribution in [0.5, 0.6) is 0 Å². The van der Waals surface area contributed by atoms with Crippen LogP contribution in [0.25, 0.3) is 10.2 Å². The Bertz CT molecular complexity index is 823. The van der Waals surface area contributed by atoms with Gasteiger partial charge in [0.2, 0.25) is 0 Å². The Morgan fingerprint density at radius 1 is 1.52 bits per heavy atom. The summed E-state index contributed by atoms with van der Waals surface area (Å²) in [5.74, 6) is 0.454. The van der Waals surface area contributed by atoms with Gasteiger partial charge in [-0.2, -0.15) is 0 Å². The molecule has 0 radical (unpaired) electrons. The maximum atomic E-state index is 12.3. The largest absolute Gasteiger partial charge is 0.311 e. The lowest BCUT2D eigenvalue weighted by atomic mass is 10.2.